The molecule has 1 N–H and O–H groups in total. The average Bonchev–Trinajstić information content (AvgIpc) is 3.17. The van der Waals surface area contributed by atoms with Crippen LogP contribution in [0.4, 0.5) is 0 Å². The number of aromatic nitrogens is 2. The standard InChI is InChI=1S/C22H30N2O2S/c1-27-21-23-12-18(20(24-21)14-4-2-3-5-14)19(25)8-17-15-6-13-7-16(17)11-22(26,9-13)10-15/h12-17,26H,2-11H2,1H3. The van der Waals surface area contributed by atoms with Crippen LogP contribution in [-0.4, -0.2) is 32.7 Å². The van der Waals surface area contributed by atoms with Gasteiger partial charge in [0.05, 0.1) is 16.9 Å². The molecule has 5 heteroatoms. The summed E-state index contributed by atoms with van der Waals surface area (Å²) in [5.74, 6) is 2.88. The minimum Gasteiger partial charge on any atom is -0.390 e. The van der Waals surface area contributed by atoms with Crippen LogP contribution in [0.3, 0.4) is 0 Å². The predicted octanol–water partition coefficient (Wildman–Crippen LogP) is 4.62. The van der Waals surface area contributed by atoms with Gasteiger partial charge in [-0.15, -0.1) is 0 Å². The maximum atomic E-state index is 13.3. The molecule has 0 saturated heterocycles. The lowest BCUT2D eigenvalue weighted by molar-refractivity contribution is -0.151. The number of hydrogen-bond acceptors (Lipinski definition) is 5. The third-order valence-electron chi connectivity index (χ3n) is 7.88. The lowest BCUT2D eigenvalue weighted by Crippen LogP contribution is -2.54. The van der Waals surface area contributed by atoms with Gasteiger partial charge in [-0.2, -0.15) is 0 Å². The molecule has 1 heterocycles. The predicted molar refractivity (Wildman–Crippen MR) is 106 cm³/mol. The molecule has 2 unspecified atom stereocenters. The molecule has 1 aromatic heterocycles. The largest absolute Gasteiger partial charge is 0.390 e. The summed E-state index contributed by atoms with van der Waals surface area (Å²) in [6.45, 7) is 0. The molecule has 1 aromatic rings. The summed E-state index contributed by atoms with van der Waals surface area (Å²) >= 11 is 1.55. The van der Waals surface area contributed by atoms with Crippen molar-refractivity contribution in [2.75, 3.05) is 6.26 Å². The lowest BCUT2D eigenvalue weighted by atomic mass is 9.49. The Bertz CT molecular complexity index is 730. The first-order chi connectivity index (χ1) is 13.0. The zero-order valence-corrected chi connectivity index (χ0v) is 17.0. The first kappa shape index (κ1) is 18.1. The number of ketones is 1. The fraction of sp³-hybridized carbons (Fsp3) is 0.773. The summed E-state index contributed by atoms with van der Waals surface area (Å²) in [5, 5.41) is 11.6. The molecule has 2 atom stereocenters. The highest BCUT2D eigenvalue weighted by atomic mass is 32.2. The van der Waals surface area contributed by atoms with Crippen LogP contribution in [0.2, 0.25) is 0 Å². The summed E-state index contributed by atoms with van der Waals surface area (Å²) in [6.07, 6.45) is 14.5. The van der Waals surface area contributed by atoms with Gasteiger partial charge < -0.3 is 5.11 Å². The number of Topliss-reactive ketones (excluding diaryl/α,β-unsaturated/α-hetero) is 1. The average molecular weight is 387 g/mol. The minimum atomic E-state index is -0.422. The van der Waals surface area contributed by atoms with Crippen LogP contribution in [0.15, 0.2) is 11.4 Å². The van der Waals surface area contributed by atoms with E-state index in [1.807, 2.05) is 6.26 Å². The van der Waals surface area contributed by atoms with Crippen molar-refractivity contribution in [1.29, 1.82) is 0 Å². The Labute approximate surface area is 165 Å². The van der Waals surface area contributed by atoms with Gasteiger partial charge in [0, 0.05) is 18.5 Å². The first-order valence-electron chi connectivity index (χ1n) is 10.7. The summed E-state index contributed by atoms with van der Waals surface area (Å²) in [5.41, 5.74) is 1.38. The monoisotopic (exact) mass is 386 g/mol. The van der Waals surface area contributed by atoms with Crippen LogP contribution in [0.1, 0.15) is 86.2 Å². The quantitative estimate of drug-likeness (QED) is 0.455. The maximum Gasteiger partial charge on any atom is 0.187 e. The van der Waals surface area contributed by atoms with Crippen LogP contribution in [0, 0.1) is 23.7 Å². The van der Waals surface area contributed by atoms with E-state index in [9.17, 15) is 9.90 Å². The Balaban J connectivity index is 1.38. The summed E-state index contributed by atoms with van der Waals surface area (Å²) in [4.78, 5) is 22.6. The third kappa shape index (κ3) is 3.25. The van der Waals surface area contributed by atoms with Gasteiger partial charge >= 0.3 is 0 Å². The van der Waals surface area contributed by atoms with E-state index < -0.39 is 5.60 Å². The SMILES string of the molecule is CSc1ncc(C(=O)CC2C3CC4CC2CC(O)(C4)C3)c(C2CCCC2)n1. The molecular weight excluding hydrogens is 356 g/mol. The van der Waals surface area contributed by atoms with Crippen LogP contribution in [0.25, 0.3) is 0 Å². The maximum absolute atomic E-state index is 13.3. The van der Waals surface area contributed by atoms with E-state index in [0.29, 0.717) is 36.0 Å². The summed E-state index contributed by atoms with van der Waals surface area (Å²) < 4.78 is 0. The normalized spacial score (nSPS) is 37.9. The molecule has 5 saturated carbocycles. The second kappa shape index (κ2) is 6.84. The lowest BCUT2D eigenvalue weighted by Gasteiger charge is -2.58. The molecule has 0 aromatic carbocycles. The Morgan fingerprint density at radius 1 is 1.22 bits per heavy atom. The molecule has 146 valence electrons. The number of carbonyl (C=O) groups excluding carboxylic acids is 1. The molecule has 5 aliphatic rings. The smallest absolute Gasteiger partial charge is 0.187 e. The summed E-state index contributed by atoms with van der Waals surface area (Å²) in [7, 11) is 0. The van der Waals surface area contributed by atoms with Gasteiger partial charge in [-0.1, -0.05) is 24.6 Å². The van der Waals surface area contributed by atoms with Crippen molar-refractivity contribution in [3.8, 4) is 0 Å². The van der Waals surface area contributed by atoms with Gasteiger partial charge in [0.15, 0.2) is 10.9 Å². The van der Waals surface area contributed by atoms with E-state index in [2.05, 4.69) is 4.98 Å². The zero-order chi connectivity index (χ0) is 18.6. The molecule has 27 heavy (non-hydrogen) atoms. The highest BCUT2D eigenvalue weighted by Crippen LogP contribution is 2.59. The topological polar surface area (TPSA) is 63.1 Å². The third-order valence-corrected chi connectivity index (χ3v) is 8.44. The number of thioether (sulfide) groups is 1. The van der Waals surface area contributed by atoms with Crippen molar-refractivity contribution >= 4 is 17.5 Å². The van der Waals surface area contributed by atoms with Crippen molar-refractivity contribution < 1.29 is 9.90 Å². The Kier molecular flexibility index (Phi) is 4.59. The van der Waals surface area contributed by atoms with Crippen LogP contribution < -0.4 is 0 Å². The fourth-order valence-electron chi connectivity index (χ4n) is 6.95. The van der Waals surface area contributed by atoms with Crippen molar-refractivity contribution in [2.24, 2.45) is 23.7 Å². The number of nitrogens with zero attached hydrogens (tertiary/aromatic N) is 2. The van der Waals surface area contributed by atoms with Gasteiger partial charge in [-0.25, -0.2) is 9.97 Å². The molecule has 0 spiro atoms. The molecule has 0 aliphatic heterocycles. The van der Waals surface area contributed by atoms with Crippen LogP contribution in [0.5, 0.6) is 0 Å². The molecule has 4 nitrogen and oxygen atoms in total. The molecule has 6 rings (SSSR count). The van der Waals surface area contributed by atoms with Gasteiger partial charge in [0.2, 0.25) is 0 Å². The number of hydrogen-bond donors (Lipinski definition) is 1. The second-order valence-corrected chi connectivity index (χ2v) is 10.4. The van der Waals surface area contributed by atoms with Crippen molar-refractivity contribution in [2.45, 2.75) is 80.9 Å². The zero-order valence-electron chi connectivity index (χ0n) is 16.2. The van der Waals surface area contributed by atoms with Gasteiger partial charge in [-0.3, -0.25) is 4.79 Å². The van der Waals surface area contributed by atoms with E-state index in [1.54, 1.807) is 18.0 Å². The van der Waals surface area contributed by atoms with E-state index in [-0.39, 0.29) is 5.78 Å². The summed E-state index contributed by atoms with van der Waals surface area (Å²) in [6, 6.07) is 0. The number of aliphatic hydroxyl groups is 1. The van der Waals surface area contributed by atoms with Gasteiger partial charge in [0.25, 0.3) is 0 Å². The Morgan fingerprint density at radius 2 is 1.93 bits per heavy atom. The Hall–Kier alpha value is -0.940. The number of carbonyl (C=O) groups is 1. The van der Waals surface area contributed by atoms with Gasteiger partial charge in [0.1, 0.15) is 0 Å². The molecule has 0 amide bonds. The van der Waals surface area contributed by atoms with E-state index >= 15 is 0 Å². The fourth-order valence-corrected chi connectivity index (χ4v) is 7.29. The van der Waals surface area contributed by atoms with Crippen molar-refractivity contribution in [3.05, 3.63) is 17.5 Å². The minimum absolute atomic E-state index is 0.244. The molecular formula is C22H30N2O2S. The van der Waals surface area contributed by atoms with E-state index in [1.165, 1.54) is 25.7 Å². The second-order valence-electron chi connectivity index (χ2n) is 9.62. The van der Waals surface area contributed by atoms with Crippen LogP contribution >= 0.6 is 11.8 Å². The molecule has 5 fully saturated rings. The van der Waals surface area contributed by atoms with Crippen LogP contribution in [-0.2, 0) is 0 Å². The van der Waals surface area contributed by atoms with Crippen molar-refractivity contribution in [3.63, 3.8) is 0 Å². The molecule has 5 aliphatic carbocycles. The first-order valence-corrected chi connectivity index (χ1v) is 11.9. The van der Waals surface area contributed by atoms with Gasteiger partial charge in [-0.05, 0) is 74.9 Å². The Morgan fingerprint density at radius 3 is 2.56 bits per heavy atom. The molecule has 0 radical (unpaired) electrons. The van der Waals surface area contributed by atoms with E-state index in [0.717, 1.165) is 48.5 Å². The van der Waals surface area contributed by atoms with Crippen molar-refractivity contribution in [1.82, 2.24) is 9.97 Å². The highest BCUT2D eigenvalue weighted by molar-refractivity contribution is 7.98. The number of rotatable bonds is 5. The van der Waals surface area contributed by atoms with E-state index in [4.69, 9.17) is 4.98 Å². The highest BCUT2D eigenvalue weighted by Gasteiger charge is 2.54. The molecule has 4 bridgehead atoms.